The number of fused-ring (bicyclic) bond motifs is 1. The Morgan fingerprint density at radius 3 is 2.57 bits per heavy atom. The molecule has 0 aliphatic rings. The number of para-hydroxylation sites is 1. The third-order valence-corrected chi connectivity index (χ3v) is 4.65. The van der Waals surface area contributed by atoms with Crippen LogP contribution < -0.4 is 16.0 Å². The van der Waals surface area contributed by atoms with Crippen molar-refractivity contribution in [2.75, 3.05) is 16.0 Å². The van der Waals surface area contributed by atoms with E-state index in [2.05, 4.69) is 25.9 Å². The van der Waals surface area contributed by atoms with Crippen LogP contribution in [0.4, 0.5) is 26.4 Å². The van der Waals surface area contributed by atoms with E-state index in [9.17, 15) is 9.18 Å². The van der Waals surface area contributed by atoms with E-state index in [0.29, 0.717) is 17.9 Å². The molecule has 0 saturated heterocycles. The topological polar surface area (TPSA) is 78.9 Å². The minimum atomic E-state index is -0.542. The molecule has 6 nitrogen and oxygen atoms in total. The van der Waals surface area contributed by atoms with E-state index in [-0.39, 0.29) is 5.02 Å². The van der Waals surface area contributed by atoms with Crippen LogP contribution in [0.2, 0.25) is 5.02 Å². The Morgan fingerprint density at radius 2 is 1.73 bits per heavy atom. The van der Waals surface area contributed by atoms with Crippen LogP contribution in [0.25, 0.3) is 10.9 Å². The Hall–Kier alpha value is -3.71. The summed E-state index contributed by atoms with van der Waals surface area (Å²) in [7, 11) is 0. The maximum absolute atomic E-state index is 13.2. The second-order valence-electron chi connectivity index (χ2n) is 6.50. The first-order valence-electron chi connectivity index (χ1n) is 9.14. The Labute approximate surface area is 177 Å². The summed E-state index contributed by atoms with van der Waals surface area (Å²) in [6, 6.07) is 18.7. The quantitative estimate of drug-likeness (QED) is 0.387. The van der Waals surface area contributed by atoms with Crippen LogP contribution in [0.3, 0.4) is 0 Å². The third-order valence-electron chi connectivity index (χ3n) is 4.37. The minimum Gasteiger partial charge on any atom is -0.365 e. The van der Waals surface area contributed by atoms with Gasteiger partial charge in [-0.05, 0) is 48.0 Å². The maximum Gasteiger partial charge on any atom is 0.323 e. The smallest absolute Gasteiger partial charge is 0.323 e. The standard InChI is InChI=1S/C22H17ClFN5O/c23-18-11-16(8-9-19(18)24)29-22(30)28-15-5-3-4-14(10-15)12-25-21-17-6-1-2-7-20(17)26-13-27-21/h1-11,13H,12H2,(H,25,26,27)(H2,28,29,30). The fourth-order valence-electron chi connectivity index (χ4n) is 2.96. The lowest BCUT2D eigenvalue weighted by molar-refractivity contribution is 0.262. The lowest BCUT2D eigenvalue weighted by atomic mass is 10.2. The van der Waals surface area contributed by atoms with Gasteiger partial charge in [-0.15, -0.1) is 0 Å². The van der Waals surface area contributed by atoms with Crippen LogP contribution in [0.1, 0.15) is 5.56 Å². The van der Waals surface area contributed by atoms with E-state index >= 15 is 0 Å². The highest BCUT2D eigenvalue weighted by molar-refractivity contribution is 6.31. The van der Waals surface area contributed by atoms with Crippen molar-refractivity contribution < 1.29 is 9.18 Å². The number of anilines is 3. The number of carbonyl (C=O) groups is 1. The van der Waals surface area contributed by atoms with Crippen molar-refractivity contribution in [1.29, 1.82) is 0 Å². The predicted octanol–water partition coefficient (Wildman–Crippen LogP) is 5.68. The number of nitrogens with one attached hydrogen (secondary N) is 3. The molecule has 0 aliphatic heterocycles. The molecule has 3 N–H and O–H groups in total. The van der Waals surface area contributed by atoms with Crippen molar-refractivity contribution in [2.24, 2.45) is 0 Å². The van der Waals surface area contributed by atoms with Gasteiger partial charge in [0, 0.05) is 23.3 Å². The summed E-state index contributed by atoms with van der Waals surface area (Å²) >= 11 is 5.74. The zero-order valence-corrected chi connectivity index (χ0v) is 16.4. The van der Waals surface area contributed by atoms with Crippen LogP contribution in [-0.2, 0) is 6.54 Å². The Balaban J connectivity index is 1.41. The summed E-state index contributed by atoms with van der Waals surface area (Å²) in [6.45, 7) is 0.520. The molecule has 8 heteroatoms. The van der Waals surface area contributed by atoms with Crippen LogP contribution in [-0.4, -0.2) is 16.0 Å². The highest BCUT2D eigenvalue weighted by atomic mass is 35.5. The first-order chi connectivity index (χ1) is 14.6. The average molecular weight is 422 g/mol. The molecule has 0 fully saturated rings. The summed E-state index contributed by atoms with van der Waals surface area (Å²) in [6.07, 6.45) is 1.52. The number of hydrogen-bond acceptors (Lipinski definition) is 4. The van der Waals surface area contributed by atoms with Gasteiger partial charge in [-0.2, -0.15) is 0 Å². The van der Waals surface area contributed by atoms with Gasteiger partial charge >= 0.3 is 6.03 Å². The van der Waals surface area contributed by atoms with Crippen LogP contribution in [0.5, 0.6) is 0 Å². The molecule has 0 radical (unpaired) electrons. The molecular weight excluding hydrogens is 405 g/mol. The summed E-state index contributed by atoms with van der Waals surface area (Å²) in [5.74, 6) is 0.198. The van der Waals surface area contributed by atoms with Crippen molar-refractivity contribution in [3.63, 3.8) is 0 Å². The lowest BCUT2D eigenvalue weighted by Crippen LogP contribution is -2.19. The molecule has 4 rings (SSSR count). The molecule has 0 spiro atoms. The van der Waals surface area contributed by atoms with Crippen LogP contribution >= 0.6 is 11.6 Å². The molecule has 4 aromatic rings. The second-order valence-corrected chi connectivity index (χ2v) is 6.91. The van der Waals surface area contributed by atoms with E-state index in [1.807, 2.05) is 42.5 Å². The molecule has 0 unspecified atom stereocenters. The molecule has 1 aromatic heterocycles. The zero-order chi connectivity index (χ0) is 20.9. The largest absolute Gasteiger partial charge is 0.365 e. The highest BCUT2D eigenvalue weighted by Crippen LogP contribution is 2.21. The summed E-state index contributed by atoms with van der Waals surface area (Å²) in [5.41, 5.74) is 2.84. The van der Waals surface area contributed by atoms with Crippen molar-refractivity contribution >= 4 is 45.7 Å². The Kier molecular flexibility index (Phi) is 5.72. The molecule has 3 aromatic carbocycles. The van der Waals surface area contributed by atoms with Gasteiger partial charge in [-0.3, -0.25) is 0 Å². The fourth-order valence-corrected chi connectivity index (χ4v) is 3.14. The molecule has 1 heterocycles. The number of amides is 2. The fraction of sp³-hybridized carbons (Fsp3) is 0.0455. The first-order valence-corrected chi connectivity index (χ1v) is 9.52. The Bertz CT molecular complexity index is 1210. The van der Waals surface area contributed by atoms with Crippen molar-refractivity contribution in [3.05, 3.63) is 89.5 Å². The van der Waals surface area contributed by atoms with Gasteiger partial charge in [0.15, 0.2) is 0 Å². The maximum atomic E-state index is 13.2. The molecule has 0 saturated carbocycles. The second kappa shape index (κ2) is 8.75. The Morgan fingerprint density at radius 1 is 0.933 bits per heavy atom. The molecule has 0 atom stereocenters. The number of benzene rings is 3. The first kappa shape index (κ1) is 19.6. The van der Waals surface area contributed by atoms with Gasteiger partial charge in [0.25, 0.3) is 0 Å². The minimum absolute atomic E-state index is 0.0573. The molecule has 0 bridgehead atoms. The summed E-state index contributed by atoms with van der Waals surface area (Å²) < 4.78 is 13.2. The van der Waals surface area contributed by atoms with Crippen molar-refractivity contribution in [1.82, 2.24) is 9.97 Å². The van der Waals surface area contributed by atoms with Crippen LogP contribution in [0, 0.1) is 5.82 Å². The number of halogens is 2. The number of rotatable bonds is 5. The third kappa shape index (κ3) is 4.64. The van der Waals surface area contributed by atoms with Gasteiger partial charge in [0.1, 0.15) is 18.0 Å². The van der Waals surface area contributed by atoms with Gasteiger partial charge in [0.05, 0.1) is 10.5 Å². The van der Waals surface area contributed by atoms with Gasteiger partial charge in [0.2, 0.25) is 0 Å². The normalized spacial score (nSPS) is 10.6. The van der Waals surface area contributed by atoms with E-state index in [1.54, 1.807) is 6.07 Å². The zero-order valence-electron chi connectivity index (χ0n) is 15.7. The molecule has 0 aliphatic carbocycles. The van der Waals surface area contributed by atoms with E-state index in [4.69, 9.17) is 11.6 Å². The summed E-state index contributed by atoms with van der Waals surface area (Å²) in [4.78, 5) is 20.8. The van der Waals surface area contributed by atoms with E-state index < -0.39 is 11.8 Å². The summed E-state index contributed by atoms with van der Waals surface area (Å²) in [5, 5.41) is 9.56. The van der Waals surface area contributed by atoms with Crippen molar-refractivity contribution in [2.45, 2.75) is 6.54 Å². The number of aromatic nitrogens is 2. The van der Waals surface area contributed by atoms with Gasteiger partial charge in [-0.25, -0.2) is 19.2 Å². The number of hydrogen-bond donors (Lipinski definition) is 3. The average Bonchev–Trinajstić information content (AvgIpc) is 2.75. The number of urea groups is 1. The van der Waals surface area contributed by atoms with E-state index in [1.165, 1.54) is 24.5 Å². The SMILES string of the molecule is O=C(Nc1cccc(CNc2ncnc3ccccc23)c1)Nc1ccc(F)c(Cl)c1. The van der Waals surface area contributed by atoms with Crippen molar-refractivity contribution in [3.8, 4) is 0 Å². The highest BCUT2D eigenvalue weighted by Gasteiger charge is 2.07. The molecule has 30 heavy (non-hydrogen) atoms. The monoisotopic (exact) mass is 421 g/mol. The predicted molar refractivity (Wildman–Crippen MR) is 117 cm³/mol. The van der Waals surface area contributed by atoms with Gasteiger partial charge < -0.3 is 16.0 Å². The number of nitrogens with zero attached hydrogens (tertiary/aromatic N) is 2. The van der Waals surface area contributed by atoms with E-state index in [0.717, 1.165) is 22.3 Å². The lowest BCUT2D eigenvalue weighted by Gasteiger charge is -2.11. The van der Waals surface area contributed by atoms with Crippen LogP contribution in [0.15, 0.2) is 73.1 Å². The molecular formula is C22H17ClFN5O. The molecule has 150 valence electrons. The number of carbonyl (C=O) groups excluding carboxylic acids is 1. The van der Waals surface area contributed by atoms with Gasteiger partial charge in [-0.1, -0.05) is 35.9 Å². The molecule has 2 amide bonds.